The fraction of sp³-hybridized carbons (Fsp3) is 0.200. The van der Waals surface area contributed by atoms with E-state index in [2.05, 4.69) is 15.9 Å². The van der Waals surface area contributed by atoms with E-state index in [-0.39, 0.29) is 5.82 Å². The molecule has 2 aromatic rings. The Kier molecular flexibility index (Phi) is 4.62. The number of halogens is 2. The lowest BCUT2D eigenvalue weighted by Crippen LogP contribution is -2.04. The van der Waals surface area contributed by atoms with Crippen molar-refractivity contribution in [3.8, 4) is 11.5 Å². The Bertz CT molecular complexity index is 599. The zero-order chi connectivity index (χ0) is 14.7. The largest absolute Gasteiger partial charge is 0.495 e. The summed E-state index contributed by atoms with van der Waals surface area (Å²) in [5.74, 6) is 0.752. The van der Waals surface area contributed by atoms with Gasteiger partial charge in [-0.05, 0) is 45.8 Å². The standard InChI is InChI=1S/C15H14BrFO3/c1-19-12-8-7-11(15(20-2)13(12)16)14(18)9-3-5-10(17)6-4-9/h3-8,14,18H,1-2H3. The molecule has 5 heteroatoms. The third-order valence-electron chi connectivity index (χ3n) is 3.00. The summed E-state index contributed by atoms with van der Waals surface area (Å²) in [6.07, 6.45) is -0.909. The number of ether oxygens (including phenoxy) is 2. The molecule has 0 aliphatic heterocycles. The van der Waals surface area contributed by atoms with Crippen molar-refractivity contribution < 1.29 is 19.0 Å². The number of aliphatic hydroxyl groups excluding tert-OH is 1. The molecular weight excluding hydrogens is 327 g/mol. The molecule has 0 saturated carbocycles. The van der Waals surface area contributed by atoms with E-state index in [0.29, 0.717) is 27.1 Å². The normalized spacial score (nSPS) is 12.1. The van der Waals surface area contributed by atoms with Gasteiger partial charge < -0.3 is 14.6 Å². The minimum Gasteiger partial charge on any atom is -0.495 e. The van der Waals surface area contributed by atoms with E-state index in [1.54, 1.807) is 19.2 Å². The van der Waals surface area contributed by atoms with Gasteiger partial charge in [0.15, 0.2) is 0 Å². The van der Waals surface area contributed by atoms with Gasteiger partial charge in [0.2, 0.25) is 0 Å². The Morgan fingerprint density at radius 3 is 2.25 bits per heavy atom. The highest BCUT2D eigenvalue weighted by Gasteiger charge is 2.20. The van der Waals surface area contributed by atoms with Crippen molar-refractivity contribution in [2.24, 2.45) is 0 Å². The summed E-state index contributed by atoms with van der Waals surface area (Å²) in [4.78, 5) is 0. The van der Waals surface area contributed by atoms with Crippen molar-refractivity contribution in [3.05, 3.63) is 57.8 Å². The number of hydrogen-bond donors (Lipinski definition) is 1. The fourth-order valence-electron chi connectivity index (χ4n) is 1.96. The first-order valence-corrected chi connectivity index (χ1v) is 6.71. The van der Waals surface area contributed by atoms with Crippen LogP contribution in [0, 0.1) is 5.82 Å². The molecule has 1 atom stereocenters. The van der Waals surface area contributed by atoms with Crippen molar-refractivity contribution in [1.82, 2.24) is 0 Å². The predicted octanol–water partition coefficient (Wildman–Crippen LogP) is 3.69. The maximum absolute atomic E-state index is 12.9. The number of rotatable bonds is 4. The first-order chi connectivity index (χ1) is 9.58. The molecule has 0 radical (unpaired) electrons. The molecule has 0 fully saturated rings. The van der Waals surface area contributed by atoms with E-state index >= 15 is 0 Å². The topological polar surface area (TPSA) is 38.7 Å². The molecule has 0 aromatic heterocycles. The zero-order valence-corrected chi connectivity index (χ0v) is 12.6. The molecule has 0 bridgehead atoms. The molecule has 0 spiro atoms. The number of hydrogen-bond acceptors (Lipinski definition) is 3. The van der Waals surface area contributed by atoms with Crippen LogP contribution in [0.2, 0.25) is 0 Å². The Balaban J connectivity index is 2.46. The van der Waals surface area contributed by atoms with Gasteiger partial charge >= 0.3 is 0 Å². The molecule has 0 amide bonds. The van der Waals surface area contributed by atoms with Gasteiger partial charge in [-0.25, -0.2) is 4.39 Å². The minimum absolute atomic E-state index is 0.344. The van der Waals surface area contributed by atoms with Crippen LogP contribution >= 0.6 is 15.9 Å². The molecule has 0 aliphatic carbocycles. The van der Waals surface area contributed by atoms with E-state index in [9.17, 15) is 9.50 Å². The highest BCUT2D eigenvalue weighted by molar-refractivity contribution is 9.10. The van der Waals surface area contributed by atoms with Crippen LogP contribution in [0.25, 0.3) is 0 Å². The van der Waals surface area contributed by atoms with Crippen molar-refractivity contribution in [3.63, 3.8) is 0 Å². The molecule has 1 N–H and O–H groups in total. The van der Waals surface area contributed by atoms with Gasteiger partial charge in [-0.3, -0.25) is 0 Å². The van der Waals surface area contributed by atoms with Crippen molar-refractivity contribution >= 4 is 15.9 Å². The van der Waals surface area contributed by atoms with Crippen molar-refractivity contribution in [2.75, 3.05) is 14.2 Å². The van der Waals surface area contributed by atoms with E-state index in [4.69, 9.17) is 9.47 Å². The third kappa shape index (κ3) is 2.78. The van der Waals surface area contributed by atoms with Gasteiger partial charge in [0, 0.05) is 5.56 Å². The molecule has 2 rings (SSSR count). The van der Waals surface area contributed by atoms with Crippen LogP contribution in [0.5, 0.6) is 11.5 Å². The van der Waals surface area contributed by atoms with Crippen molar-refractivity contribution in [1.29, 1.82) is 0 Å². The predicted molar refractivity (Wildman–Crippen MR) is 77.7 cm³/mol. The van der Waals surface area contributed by atoms with E-state index in [1.807, 2.05) is 0 Å². The lowest BCUT2D eigenvalue weighted by molar-refractivity contribution is 0.214. The fourth-order valence-corrected chi connectivity index (χ4v) is 2.64. The molecule has 106 valence electrons. The summed E-state index contributed by atoms with van der Waals surface area (Å²) >= 11 is 3.38. The SMILES string of the molecule is COc1ccc(C(O)c2ccc(F)cc2)c(OC)c1Br. The Hall–Kier alpha value is -1.59. The molecule has 0 aliphatic rings. The first kappa shape index (κ1) is 14.8. The second-order valence-corrected chi connectivity index (χ2v) is 4.95. The van der Waals surface area contributed by atoms with Crippen LogP contribution < -0.4 is 9.47 Å². The molecule has 1 unspecified atom stereocenters. The van der Waals surface area contributed by atoms with Crippen molar-refractivity contribution in [2.45, 2.75) is 6.10 Å². The maximum atomic E-state index is 12.9. The quantitative estimate of drug-likeness (QED) is 0.922. The summed E-state index contributed by atoms with van der Waals surface area (Å²) < 4.78 is 24.1. The van der Waals surface area contributed by atoms with Crippen LogP contribution in [-0.2, 0) is 0 Å². The Morgan fingerprint density at radius 2 is 1.70 bits per heavy atom. The lowest BCUT2D eigenvalue weighted by Gasteiger charge is -2.18. The van der Waals surface area contributed by atoms with Gasteiger partial charge in [0.1, 0.15) is 27.9 Å². The summed E-state index contributed by atoms with van der Waals surface area (Å²) in [6, 6.07) is 9.15. The number of benzene rings is 2. The average Bonchev–Trinajstić information content (AvgIpc) is 2.47. The number of aliphatic hydroxyl groups is 1. The second-order valence-electron chi connectivity index (χ2n) is 4.16. The van der Waals surface area contributed by atoms with Crippen LogP contribution in [-0.4, -0.2) is 19.3 Å². The first-order valence-electron chi connectivity index (χ1n) is 5.92. The average molecular weight is 341 g/mol. The second kappa shape index (κ2) is 6.24. The highest BCUT2D eigenvalue weighted by Crippen LogP contribution is 2.41. The molecule has 0 heterocycles. The molecule has 20 heavy (non-hydrogen) atoms. The highest BCUT2D eigenvalue weighted by atomic mass is 79.9. The molecular formula is C15H14BrFO3. The van der Waals surface area contributed by atoms with Crippen LogP contribution in [0.15, 0.2) is 40.9 Å². The Morgan fingerprint density at radius 1 is 1.05 bits per heavy atom. The van der Waals surface area contributed by atoms with Crippen LogP contribution in [0.1, 0.15) is 17.2 Å². The Labute approximate surface area is 125 Å². The summed E-state index contributed by atoms with van der Waals surface area (Å²) in [5.41, 5.74) is 1.16. The minimum atomic E-state index is -0.909. The van der Waals surface area contributed by atoms with Gasteiger partial charge in [0.05, 0.1) is 14.2 Å². The van der Waals surface area contributed by atoms with Gasteiger partial charge in [-0.1, -0.05) is 12.1 Å². The monoisotopic (exact) mass is 340 g/mol. The van der Waals surface area contributed by atoms with Crippen LogP contribution in [0.3, 0.4) is 0 Å². The summed E-state index contributed by atoms with van der Waals surface area (Å²) in [6.45, 7) is 0. The van der Waals surface area contributed by atoms with E-state index in [0.717, 1.165) is 0 Å². The van der Waals surface area contributed by atoms with Gasteiger partial charge in [0.25, 0.3) is 0 Å². The van der Waals surface area contributed by atoms with Gasteiger partial charge in [-0.15, -0.1) is 0 Å². The third-order valence-corrected chi connectivity index (χ3v) is 3.75. The molecule has 0 saturated heterocycles. The number of methoxy groups -OCH3 is 2. The van der Waals surface area contributed by atoms with E-state index in [1.165, 1.54) is 31.4 Å². The molecule has 3 nitrogen and oxygen atoms in total. The lowest BCUT2D eigenvalue weighted by atomic mass is 10.0. The zero-order valence-electron chi connectivity index (χ0n) is 11.1. The van der Waals surface area contributed by atoms with E-state index < -0.39 is 6.10 Å². The summed E-state index contributed by atoms with van der Waals surface area (Å²) in [5, 5.41) is 10.4. The maximum Gasteiger partial charge on any atom is 0.142 e. The summed E-state index contributed by atoms with van der Waals surface area (Å²) in [7, 11) is 3.07. The molecule has 2 aromatic carbocycles. The smallest absolute Gasteiger partial charge is 0.142 e. The van der Waals surface area contributed by atoms with Gasteiger partial charge in [-0.2, -0.15) is 0 Å². The van der Waals surface area contributed by atoms with Crippen LogP contribution in [0.4, 0.5) is 4.39 Å².